The van der Waals surface area contributed by atoms with E-state index in [1.807, 2.05) is 109 Å². The van der Waals surface area contributed by atoms with Crippen LogP contribution < -0.4 is 0 Å². The van der Waals surface area contributed by atoms with Crippen molar-refractivity contribution in [2.24, 2.45) is 10.8 Å². The number of hydrogen-bond acceptors (Lipinski definition) is 20. The molecule has 0 bridgehead atoms. The van der Waals surface area contributed by atoms with E-state index in [-0.39, 0.29) is 24.4 Å². The number of Topliss-reactive ketones (excluding diaryl/α,β-unsaturated/α-hetero) is 2. The van der Waals surface area contributed by atoms with E-state index >= 15 is 0 Å². The predicted octanol–water partition coefficient (Wildman–Crippen LogP) is 8.11. The first-order valence-corrected chi connectivity index (χ1v) is 26.1. The number of rotatable bonds is 25. The molecule has 0 saturated carbocycles. The third kappa shape index (κ3) is 18.4. The van der Waals surface area contributed by atoms with Crippen LogP contribution >= 0.6 is 0 Å². The Morgan fingerprint density at radius 2 is 0.950 bits per heavy atom. The summed E-state index contributed by atoms with van der Waals surface area (Å²) in [7, 11) is 0. The van der Waals surface area contributed by atoms with E-state index in [0.29, 0.717) is 11.1 Å². The van der Waals surface area contributed by atoms with E-state index in [1.165, 1.54) is 5.57 Å². The summed E-state index contributed by atoms with van der Waals surface area (Å²) in [5.74, 6) is -10.4. The number of carbonyl (C=O) groups excluding carboxylic acids is 8. The number of allylic oxidation sites excluding steroid dienone is 18. The molecule has 0 radical (unpaired) electrons. The monoisotopic (exact) mass is 1110 g/mol. The number of ketones is 2. The molecule has 0 saturated heterocycles. The highest BCUT2D eigenvalue weighted by atomic mass is 16.6. The number of cyclic esters (lactones) is 2. The van der Waals surface area contributed by atoms with Gasteiger partial charge < -0.3 is 59.1 Å². The highest BCUT2D eigenvalue weighted by molar-refractivity contribution is 6.02. The van der Waals surface area contributed by atoms with Crippen LogP contribution in [0.2, 0.25) is 0 Å². The fourth-order valence-corrected chi connectivity index (χ4v) is 8.96. The summed E-state index contributed by atoms with van der Waals surface area (Å²) in [6.45, 7) is 17.8. The van der Waals surface area contributed by atoms with Crippen molar-refractivity contribution in [3.63, 3.8) is 0 Å². The Balaban J connectivity index is 1.18. The van der Waals surface area contributed by atoms with Crippen molar-refractivity contribution in [1.29, 1.82) is 0 Å². The molecule has 434 valence electrons. The SMILES string of the molecule is CC1=C(/C=C/C(C)=C/C=C/C(C)=C/C=C/C=C(\C)CC/C=C(C)/C=C/C2=C(C)C(=O)C(OC(=O)CCC(=O)OCC(O)C3OC(=O)C(O)=C3O)CC2(C)C)C(C)(C)CC(OC(=O)CCC(=O)OCC(O)C2OC(=O)C(O)=C2O)C1=O. The molecule has 0 aromatic heterocycles. The molecule has 4 rings (SSSR count). The number of hydrogen-bond donors (Lipinski definition) is 6. The summed E-state index contributed by atoms with van der Waals surface area (Å²) in [6.07, 6.45) is 15.4. The molecule has 4 aliphatic rings. The zero-order chi connectivity index (χ0) is 59.8. The number of aliphatic hydroxyl groups excluding tert-OH is 6. The third-order valence-electron chi connectivity index (χ3n) is 13.6. The first-order chi connectivity index (χ1) is 37.4. The maximum absolute atomic E-state index is 13.3. The topological polar surface area (TPSA) is 313 Å². The molecule has 0 aromatic rings. The van der Waals surface area contributed by atoms with Gasteiger partial charge in [-0.05, 0) is 87.5 Å². The second-order valence-corrected chi connectivity index (χ2v) is 21.3. The van der Waals surface area contributed by atoms with Crippen molar-refractivity contribution in [2.75, 3.05) is 13.2 Å². The minimum Gasteiger partial charge on any atom is -0.505 e. The Morgan fingerprint density at radius 1 is 0.562 bits per heavy atom. The van der Waals surface area contributed by atoms with Gasteiger partial charge in [-0.25, -0.2) is 9.59 Å². The van der Waals surface area contributed by atoms with Gasteiger partial charge >= 0.3 is 35.8 Å². The summed E-state index contributed by atoms with van der Waals surface area (Å²) >= 11 is 0. The number of carbonyl (C=O) groups is 8. The summed E-state index contributed by atoms with van der Waals surface area (Å²) in [6, 6.07) is 0. The second-order valence-electron chi connectivity index (χ2n) is 21.3. The predicted molar refractivity (Wildman–Crippen MR) is 290 cm³/mol. The normalized spacial score (nSPS) is 23.0. The van der Waals surface area contributed by atoms with E-state index in [1.54, 1.807) is 13.8 Å². The molecule has 2 heterocycles. The summed E-state index contributed by atoms with van der Waals surface area (Å²) in [5.41, 5.74) is 5.62. The van der Waals surface area contributed by atoms with Gasteiger partial charge in [0.1, 0.15) is 25.4 Å². The molecular weight excluding hydrogens is 1040 g/mol. The fourth-order valence-electron chi connectivity index (χ4n) is 8.96. The van der Waals surface area contributed by atoms with E-state index in [2.05, 4.69) is 28.5 Å². The van der Waals surface area contributed by atoms with Crippen LogP contribution in [0.15, 0.2) is 141 Å². The van der Waals surface area contributed by atoms with Gasteiger partial charge in [-0.1, -0.05) is 123 Å². The smallest absolute Gasteiger partial charge is 0.377 e. The lowest BCUT2D eigenvalue weighted by atomic mass is 9.71. The molecule has 80 heavy (non-hydrogen) atoms. The van der Waals surface area contributed by atoms with Crippen LogP contribution in [0.1, 0.15) is 121 Å². The maximum Gasteiger partial charge on any atom is 0.377 e. The number of esters is 6. The fraction of sp³-hybridized carbons (Fsp3) is 0.467. The van der Waals surface area contributed by atoms with E-state index < -0.39 is 145 Å². The van der Waals surface area contributed by atoms with E-state index in [4.69, 9.17) is 18.9 Å². The molecule has 0 aromatic carbocycles. The first-order valence-electron chi connectivity index (χ1n) is 26.1. The summed E-state index contributed by atoms with van der Waals surface area (Å²) in [4.78, 5) is 99.1. The van der Waals surface area contributed by atoms with Gasteiger partial charge in [0.05, 0.1) is 25.7 Å². The molecule has 20 heteroatoms. The van der Waals surface area contributed by atoms with E-state index in [0.717, 1.165) is 40.7 Å². The van der Waals surface area contributed by atoms with Crippen molar-refractivity contribution in [3.8, 4) is 0 Å². The first kappa shape index (κ1) is 64.7. The molecule has 0 amide bonds. The second kappa shape index (κ2) is 28.9. The van der Waals surface area contributed by atoms with Crippen molar-refractivity contribution in [1.82, 2.24) is 0 Å². The summed E-state index contributed by atoms with van der Waals surface area (Å²) < 4.78 is 30.0. The minimum atomic E-state index is -1.66. The van der Waals surface area contributed by atoms with Gasteiger partial charge in [-0.15, -0.1) is 0 Å². The summed E-state index contributed by atoms with van der Waals surface area (Å²) in [5, 5.41) is 58.3. The quantitative estimate of drug-likeness (QED) is 0.0286. The van der Waals surface area contributed by atoms with Gasteiger partial charge in [0, 0.05) is 12.8 Å². The van der Waals surface area contributed by atoms with Crippen LogP contribution in [0.25, 0.3) is 0 Å². The van der Waals surface area contributed by atoms with Crippen molar-refractivity contribution in [3.05, 3.63) is 141 Å². The molecule has 2 aliphatic carbocycles. The van der Waals surface area contributed by atoms with Crippen LogP contribution in [0.5, 0.6) is 0 Å². The molecule has 0 spiro atoms. The highest BCUT2D eigenvalue weighted by Crippen LogP contribution is 2.42. The highest BCUT2D eigenvalue weighted by Gasteiger charge is 2.43. The molecular formula is C60H74O20. The zero-order valence-corrected chi connectivity index (χ0v) is 46.9. The van der Waals surface area contributed by atoms with Crippen LogP contribution in [-0.2, 0) is 66.8 Å². The van der Waals surface area contributed by atoms with Gasteiger partial charge in [0.25, 0.3) is 0 Å². The number of aliphatic hydroxyl groups is 6. The largest absolute Gasteiger partial charge is 0.505 e. The zero-order valence-electron chi connectivity index (χ0n) is 46.9. The van der Waals surface area contributed by atoms with Crippen molar-refractivity contribution >= 4 is 47.4 Å². The Kier molecular flexibility index (Phi) is 23.3. The lowest BCUT2D eigenvalue weighted by Crippen LogP contribution is -2.39. The molecule has 6 N–H and O–H groups in total. The lowest BCUT2D eigenvalue weighted by Gasteiger charge is -2.36. The number of ether oxygens (including phenoxy) is 6. The van der Waals surface area contributed by atoms with Crippen LogP contribution in [-0.4, -0.2) is 128 Å². The average molecular weight is 1120 g/mol. The Morgan fingerprint density at radius 3 is 1.38 bits per heavy atom. The van der Waals surface area contributed by atoms with Gasteiger partial charge in [-0.2, -0.15) is 0 Å². The molecule has 0 fully saturated rings. The molecule has 6 atom stereocenters. The molecule has 6 unspecified atom stereocenters. The van der Waals surface area contributed by atoms with E-state index in [9.17, 15) is 69.0 Å². The van der Waals surface area contributed by atoms with Gasteiger partial charge in [-0.3, -0.25) is 28.8 Å². The third-order valence-corrected chi connectivity index (χ3v) is 13.6. The van der Waals surface area contributed by atoms with Crippen LogP contribution in [0.4, 0.5) is 0 Å². The van der Waals surface area contributed by atoms with Gasteiger partial charge in [0.2, 0.25) is 11.5 Å². The minimum absolute atomic E-state index is 0.216. The Hall–Kier alpha value is -7.84. The van der Waals surface area contributed by atoms with Crippen LogP contribution in [0.3, 0.4) is 0 Å². The Bertz CT molecular complexity index is 2830. The average Bonchev–Trinajstić information content (AvgIpc) is 3.83. The lowest BCUT2D eigenvalue weighted by molar-refractivity contribution is -0.160. The molecule has 2 aliphatic heterocycles. The standard InChI is InChI=1S/C60H74O20/c1-33(17-13-19-35(3)21-23-39-37(5)49(67)43(29-59(39,7)8)77-47(65)27-25-45(63)75-31-41(61)55-51(69)53(71)57(73)79-55)15-11-12-16-34(2)18-14-20-36(4)22-24-40-38(6)50(68)44(30-60(40,9)10)78-48(66)28-26-46(64)76-32-42(62)56-52(70)54(72)58(74)80-56/h11-13,15-17,19-24,41-44,55-56,61-62,69-72H,14,18,25-32H2,1-10H3/b12-11+,17-13+,23-21+,24-22+,33-15+,34-16+,35-19+,36-20+. The van der Waals surface area contributed by atoms with Crippen molar-refractivity contribution < 1.29 is 97.4 Å². The maximum atomic E-state index is 13.3. The Labute approximate surface area is 465 Å². The van der Waals surface area contributed by atoms with Gasteiger partial charge in [0.15, 0.2) is 47.5 Å². The van der Waals surface area contributed by atoms with Crippen molar-refractivity contribution in [2.45, 2.75) is 157 Å². The van der Waals surface area contributed by atoms with Crippen LogP contribution in [0, 0.1) is 10.8 Å². The molecule has 20 nitrogen and oxygen atoms in total.